The Kier molecular flexibility index (Phi) is 4.01. The average Bonchev–Trinajstić information content (AvgIpc) is 3.13. The molecule has 2 amide bonds. The van der Waals surface area contributed by atoms with Gasteiger partial charge >= 0.3 is 0 Å². The standard InChI is InChI=1S/C16H19N5O2/c17-10-1-2-12-9(5-10)6-13(14(12)15(18)22)16(23)20-4-3-11-7-19-8-21-11/h1-2,5,7-8,13-14H,3-4,6,17H2,(H2,18,22)(H,19,21)(H,20,23). The van der Waals surface area contributed by atoms with Crippen molar-refractivity contribution in [2.75, 3.05) is 12.3 Å². The van der Waals surface area contributed by atoms with Crippen LogP contribution >= 0.6 is 0 Å². The number of carbonyl (C=O) groups is 2. The monoisotopic (exact) mass is 313 g/mol. The molecule has 1 aromatic heterocycles. The number of hydrogen-bond acceptors (Lipinski definition) is 4. The Morgan fingerprint density at radius 1 is 1.39 bits per heavy atom. The largest absolute Gasteiger partial charge is 0.399 e. The maximum atomic E-state index is 12.5. The number of benzene rings is 1. The number of nitrogens with zero attached hydrogens (tertiary/aromatic N) is 1. The highest BCUT2D eigenvalue weighted by Gasteiger charge is 2.40. The van der Waals surface area contributed by atoms with Gasteiger partial charge in [-0.25, -0.2) is 4.98 Å². The number of nitrogen functional groups attached to an aromatic ring is 1. The van der Waals surface area contributed by atoms with Gasteiger partial charge < -0.3 is 21.8 Å². The number of carbonyl (C=O) groups excluding carboxylic acids is 2. The predicted molar refractivity (Wildman–Crippen MR) is 85.3 cm³/mol. The fraction of sp³-hybridized carbons (Fsp3) is 0.312. The van der Waals surface area contributed by atoms with Crippen molar-refractivity contribution in [3.05, 3.63) is 47.5 Å². The van der Waals surface area contributed by atoms with Gasteiger partial charge in [0, 0.05) is 30.5 Å². The van der Waals surface area contributed by atoms with E-state index in [1.165, 1.54) is 0 Å². The quantitative estimate of drug-likeness (QED) is 0.583. The van der Waals surface area contributed by atoms with Crippen molar-refractivity contribution in [1.82, 2.24) is 15.3 Å². The summed E-state index contributed by atoms with van der Waals surface area (Å²) in [5.74, 6) is -1.73. The fourth-order valence-electron chi connectivity index (χ4n) is 3.15. The lowest BCUT2D eigenvalue weighted by Crippen LogP contribution is -2.38. The first-order valence-corrected chi connectivity index (χ1v) is 7.49. The van der Waals surface area contributed by atoms with Crippen molar-refractivity contribution >= 4 is 17.5 Å². The van der Waals surface area contributed by atoms with Crippen molar-refractivity contribution in [2.45, 2.75) is 18.8 Å². The summed E-state index contributed by atoms with van der Waals surface area (Å²) in [5, 5.41) is 2.87. The van der Waals surface area contributed by atoms with Crippen LogP contribution in [-0.2, 0) is 22.4 Å². The highest BCUT2D eigenvalue weighted by molar-refractivity contribution is 5.92. The lowest BCUT2D eigenvalue weighted by Gasteiger charge is -2.17. The van der Waals surface area contributed by atoms with Gasteiger partial charge in [-0.3, -0.25) is 9.59 Å². The van der Waals surface area contributed by atoms with Gasteiger partial charge in [-0.05, 0) is 29.7 Å². The molecule has 1 heterocycles. The van der Waals surface area contributed by atoms with E-state index in [9.17, 15) is 9.59 Å². The predicted octanol–water partition coefficient (Wildman–Crippen LogP) is 0.0920. The van der Waals surface area contributed by atoms with Gasteiger partial charge in [0.1, 0.15) is 0 Å². The third-order valence-corrected chi connectivity index (χ3v) is 4.24. The fourth-order valence-corrected chi connectivity index (χ4v) is 3.15. The topological polar surface area (TPSA) is 127 Å². The van der Waals surface area contributed by atoms with E-state index in [0.717, 1.165) is 16.8 Å². The third kappa shape index (κ3) is 3.03. The molecule has 0 saturated heterocycles. The molecule has 0 radical (unpaired) electrons. The van der Waals surface area contributed by atoms with Gasteiger partial charge in [0.2, 0.25) is 11.8 Å². The number of rotatable bonds is 5. The number of nitrogens with two attached hydrogens (primary N) is 2. The number of aromatic nitrogens is 2. The summed E-state index contributed by atoms with van der Waals surface area (Å²) in [6.45, 7) is 0.474. The zero-order valence-electron chi connectivity index (χ0n) is 12.6. The lowest BCUT2D eigenvalue weighted by molar-refractivity contribution is -0.130. The summed E-state index contributed by atoms with van der Waals surface area (Å²) in [5.41, 5.74) is 14.6. The summed E-state index contributed by atoms with van der Waals surface area (Å²) < 4.78 is 0. The van der Waals surface area contributed by atoms with Crippen LogP contribution in [0.3, 0.4) is 0 Å². The molecule has 0 spiro atoms. The molecule has 7 heteroatoms. The number of H-pyrrole nitrogens is 1. The van der Waals surface area contributed by atoms with Gasteiger partial charge in [0.05, 0.1) is 18.2 Å². The minimum Gasteiger partial charge on any atom is -0.399 e. The summed E-state index contributed by atoms with van der Waals surface area (Å²) >= 11 is 0. The molecule has 1 aromatic carbocycles. The molecule has 2 unspecified atom stereocenters. The summed E-state index contributed by atoms with van der Waals surface area (Å²) in [6, 6.07) is 5.33. The molecule has 0 aliphatic heterocycles. The molecule has 7 nitrogen and oxygen atoms in total. The van der Waals surface area contributed by atoms with E-state index in [-0.39, 0.29) is 5.91 Å². The number of hydrogen-bond donors (Lipinski definition) is 4. The Bertz CT molecular complexity index is 726. The van der Waals surface area contributed by atoms with Gasteiger partial charge in [-0.1, -0.05) is 6.07 Å². The minimum absolute atomic E-state index is 0.164. The maximum Gasteiger partial charge on any atom is 0.225 e. The van der Waals surface area contributed by atoms with E-state index in [0.29, 0.717) is 25.1 Å². The molecule has 0 saturated carbocycles. The molecule has 3 rings (SSSR count). The number of anilines is 1. The van der Waals surface area contributed by atoms with Crippen molar-refractivity contribution in [2.24, 2.45) is 11.7 Å². The van der Waals surface area contributed by atoms with Crippen LogP contribution in [0, 0.1) is 5.92 Å². The van der Waals surface area contributed by atoms with Crippen molar-refractivity contribution < 1.29 is 9.59 Å². The SMILES string of the molecule is NC(=O)C1c2ccc(N)cc2CC1C(=O)NCCc1cnc[nH]1. The highest BCUT2D eigenvalue weighted by atomic mass is 16.2. The maximum absolute atomic E-state index is 12.5. The summed E-state index contributed by atoms with van der Waals surface area (Å²) in [7, 11) is 0. The molecular formula is C16H19N5O2. The molecule has 2 aromatic rings. The lowest BCUT2D eigenvalue weighted by atomic mass is 9.91. The zero-order chi connectivity index (χ0) is 16.4. The minimum atomic E-state index is -0.599. The summed E-state index contributed by atoms with van der Waals surface area (Å²) in [6.07, 6.45) is 4.44. The Morgan fingerprint density at radius 3 is 2.91 bits per heavy atom. The number of imidazole rings is 1. The molecule has 120 valence electrons. The van der Waals surface area contributed by atoms with Crippen LogP contribution in [-0.4, -0.2) is 28.3 Å². The molecule has 1 aliphatic rings. The number of fused-ring (bicyclic) bond motifs is 1. The van der Waals surface area contributed by atoms with E-state index in [1.807, 2.05) is 6.07 Å². The van der Waals surface area contributed by atoms with Gasteiger partial charge in [0.25, 0.3) is 0 Å². The van der Waals surface area contributed by atoms with Crippen LogP contribution < -0.4 is 16.8 Å². The van der Waals surface area contributed by atoms with Crippen LogP contribution in [0.2, 0.25) is 0 Å². The normalized spacial score (nSPS) is 19.3. The molecule has 1 aliphatic carbocycles. The van der Waals surface area contributed by atoms with Gasteiger partial charge in [0.15, 0.2) is 0 Å². The van der Waals surface area contributed by atoms with Crippen LogP contribution in [0.1, 0.15) is 22.7 Å². The highest BCUT2D eigenvalue weighted by Crippen LogP contribution is 2.38. The van der Waals surface area contributed by atoms with Crippen LogP contribution in [0.5, 0.6) is 0 Å². The molecular weight excluding hydrogens is 294 g/mol. The third-order valence-electron chi connectivity index (χ3n) is 4.24. The van der Waals surface area contributed by atoms with E-state index < -0.39 is 17.7 Å². The van der Waals surface area contributed by atoms with E-state index in [4.69, 9.17) is 11.5 Å². The Balaban J connectivity index is 1.69. The first-order chi connectivity index (χ1) is 11.1. The van der Waals surface area contributed by atoms with Crippen molar-refractivity contribution in [3.8, 4) is 0 Å². The van der Waals surface area contributed by atoms with E-state index >= 15 is 0 Å². The van der Waals surface area contributed by atoms with Crippen LogP contribution in [0.25, 0.3) is 0 Å². The summed E-state index contributed by atoms with van der Waals surface area (Å²) in [4.78, 5) is 31.2. The van der Waals surface area contributed by atoms with Crippen LogP contribution in [0.4, 0.5) is 5.69 Å². The van der Waals surface area contributed by atoms with Crippen molar-refractivity contribution in [3.63, 3.8) is 0 Å². The van der Waals surface area contributed by atoms with Gasteiger partial charge in [-0.15, -0.1) is 0 Å². The average molecular weight is 313 g/mol. The van der Waals surface area contributed by atoms with E-state index in [2.05, 4.69) is 15.3 Å². The number of primary amides is 1. The molecule has 23 heavy (non-hydrogen) atoms. The second-order valence-corrected chi connectivity index (χ2v) is 5.77. The van der Waals surface area contributed by atoms with Gasteiger partial charge in [-0.2, -0.15) is 0 Å². The molecule has 6 N–H and O–H groups in total. The first kappa shape index (κ1) is 15.1. The van der Waals surface area contributed by atoms with Crippen LogP contribution in [0.15, 0.2) is 30.7 Å². The molecule has 0 bridgehead atoms. The second-order valence-electron chi connectivity index (χ2n) is 5.77. The Hall–Kier alpha value is -2.83. The zero-order valence-corrected chi connectivity index (χ0v) is 12.6. The first-order valence-electron chi connectivity index (χ1n) is 7.49. The Labute approximate surface area is 133 Å². The molecule has 0 fully saturated rings. The number of amides is 2. The molecule has 2 atom stereocenters. The van der Waals surface area contributed by atoms with E-state index in [1.54, 1.807) is 24.7 Å². The van der Waals surface area contributed by atoms with Crippen molar-refractivity contribution in [1.29, 1.82) is 0 Å². The Morgan fingerprint density at radius 2 is 2.22 bits per heavy atom. The number of nitrogens with one attached hydrogen (secondary N) is 2. The smallest absolute Gasteiger partial charge is 0.225 e. The number of aromatic amines is 1. The second kappa shape index (κ2) is 6.12.